The Hall–Kier alpha value is -3.66. The average Bonchev–Trinajstić information content (AvgIpc) is 3.31. The van der Waals surface area contributed by atoms with E-state index >= 15 is 0 Å². The van der Waals surface area contributed by atoms with E-state index in [0.29, 0.717) is 32.5 Å². The first-order valence-electron chi connectivity index (χ1n) is 11.0. The molecule has 1 heterocycles. The van der Waals surface area contributed by atoms with E-state index in [1.54, 1.807) is 55.5 Å². The molecule has 0 saturated heterocycles. The molecule has 0 atom stereocenters. The van der Waals surface area contributed by atoms with Crippen LogP contribution in [0.1, 0.15) is 19.4 Å². The third kappa shape index (κ3) is 6.97. The van der Waals surface area contributed by atoms with Gasteiger partial charge >= 0.3 is 5.97 Å². The Morgan fingerprint density at radius 2 is 1.54 bits per heavy atom. The van der Waals surface area contributed by atoms with Crippen molar-refractivity contribution in [3.8, 4) is 22.8 Å². The van der Waals surface area contributed by atoms with Gasteiger partial charge in [0, 0.05) is 28.2 Å². The lowest BCUT2D eigenvalue weighted by molar-refractivity contribution is -0.131. The maximum absolute atomic E-state index is 12.5. The summed E-state index contributed by atoms with van der Waals surface area (Å²) >= 11 is 13.3. The first kappa shape index (κ1) is 26.4. The highest BCUT2D eigenvalue weighted by molar-refractivity contribution is 7.99. The second kappa shape index (κ2) is 12.1. The van der Waals surface area contributed by atoms with Crippen LogP contribution in [0, 0.1) is 0 Å². The topological polar surface area (TPSA) is 98.5 Å². The summed E-state index contributed by atoms with van der Waals surface area (Å²) in [5.41, 5.74) is 5.56. The minimum atomic E-state index is -0.393. The first-order valence-corrected chi connectivity index (χ1v) is 12.8. The second-order valence-electron chi connectivity index (χ2n) is 7.76. The number of ether oxygens (including phenoxy) is 1. The van der Waals surface area contributed by atoms with Gasteiger partial charge in [-0.2, -0.15) is 5.10 Å². The summed E-state index contributed by atoms with van der Waals surface area (Å²) in [6.07, 6.45) is 0. The van der Waals surface area contributed by atoms with Crippen molar-refractivity contribution < 1.29 is 14.3 Å². The molecule has 37 heavy (non-hydrogen) atoms. The third-order valence-corrected chi connectivity index (χ3v) is 6.47. The number of thioether (sulfide) groups is 1. The van der Waals surface area contributed by atoms with Crippen LogP contribution >= 0.6 is 35.0 Å². The average molecular weight is 554 g/mol. The fourth-order valence-electron chi connectivity index (χ4n) is 3.28. The fraction of sp³-hybridized carbons (Fsp3) is 0.115. The number of hydrazone groups is 1. The lowest BCUT2D eigenvalue weighted by Crippen LogP contribution is -2.21. The maximum Gasteiger partial charge on any atom is 0.308 e. The van der Waals surface area contributed by atoms with Gasteiger partial charge in [0.1, 0.15) is 5.75 Å². The van der Waals surface area contributed by atoms with Gasteiger partial charge in [-0.1, -0.05) is 35.0 Å². The largest absolute Gasteiger partial charge is 0.427 e. The molecule has 0 aliphatic carbocycles. The smallest absolute Gasteiger partial charge is 0.308 e. The molecule has 4 aromatic rings. The third-order valence-electron chi connectivity index (χ3n) is 5.03. The monoisotopic (exact) mass is 553 g/mol. The molecule has 4 rings (SSSR count). The highest BCUT2D eigenvalue weighted by Gasteiger charge is 2.17. The lowest BCUT2D eigenvalue weighted by Gasteiger charge is -2.10. The van der Waals surface area contributed by atoms with Crippen molar-refractivity contribution in [3.05, 3.63) is 88.4 Å². The van der Waals surface area contributed by atoms with Crippen molar-refractivity contribution in [2.45, 2.75) is 19.0 Å². The molecule has 0 fully saturated rings. The van der Waals surface area contributed by atoms with E-state index in [2.05, 4.69) is 20.7 Å². The van der Waals surface area contributed by atoms with E-state index in [9.17, 15) is 9.59 Å². The fourth-order valence-corrected chi connectivity index (χ4v) is 4.27. The number of aromatic nitrogens is 3. The summed E-state index contributed by atoms with van der Waals surface area (Å²) in [6, 6.07) is 21.4. The molecule has 1 amide bonds. The molecule has 1 N–H and O–H groups in total. The predicted octanol–water partition coefficient (Wildman–Crippen LogP) is 5.80. The molecule has 1 aromatic heterocycles. The van der Waals surface area contributed by atoms with E-state index in [4.69, 9.17) is 27.9 Å². The Balaban J connectivity index is 1.47. The summed E-state index contributed by atoms with van der Waals surface area (Å²) in [6.45, 7) is 3.11. The quantitative estimate of drug-likeness (QED) is 0.0972. The summed E-state index contributed by atoms with van der Waals surface area (Å²) in [4.78, 5) is 23.6. The predicted molar refractivity (Wildman–Crippen MR) is 146 cm³/mol. The number of benzene rings is 3. The van der Waals surface area contributed by atoms with Crippen LogP contribution in [0.25, 0.3) is 17.1 Å². The van der Waals surface area contributed by atoms with Gasteiger partial charge < -0.3 is 4.74 Å². The molecule has 0 aliphatic rings. The summed E-state index contributed by atoms with van der Waals surface area (Å²) < 4.78 is 6.88. The van der Waals surface area contributed by atoms with Crippen molar-refractivity contribution in [1.82, 2.24) is 20.2 Å². The minimum Gasteiger partial charge on any atom is -0.427 e. The first-order chi connectivity index (χ1) is 17.8. The number of carbonyl (C=O) groups is 2. The van der Waals surface area contributed by atoms with Crippen molar-refractivity contribution >= 4 is 52.6 Å². The van der Waals surface area contributed by atoms with Crippen molar-refractivity contribution in [3.63, 3.8) is 0 Å². The molecule has 188 valence electrons. The van der Waals surface area contributed by atoms with Crippen LogP contribution in [-0.4, -0.2) is 38.1 Å². The molecule has 0 saturated carbocycles. The Bertz CT molecular complexity index is 1440. The standard InChI is InChI=1S/C26H21Cl2N5O3S/c1-16(18-5-13-23(14-6-18)36-17(2)34)29-30-24(35)15-37-26-32-31-25(19-3-7-20(27)8-4-19)33(26)22-11-9-21(28)10-12-22/h3-14H,15H2,1-2H3,(H,30,35)/b29-16+. The van der Waals surface area contributed by atoms with Gasteiger partial charge in [-0.3, -0.25) is 14.2 Å². The zero-order valence-corrected chi connectivity index (χ0v) is 22.1. The molecule has 0 unspecified atom stereocenters. The zero-order valence-electron chi connectivity index (χ0n) is 19.8. The Kier molecular flexibility index (Phi) is 8.60. The Labute approximate surface area is 227 Å². The SMILES string of the molecule is CC(=O)Oc1ccc(/C(C)=N/NC(=O)CSc2nnc(-c3ccc(Cl)cc3)n2-c2ccc(Cl)cc2)cc1. The highest BCUT2D eigenvalue weighted by atomic mass is 35.5. The van der Waals surface area contributed by atoms with Crippen LogP contribution in [-0.2, 0) is 9.59 Å². The number of amides is 1. The molecule has 0 radical (unpaired) electrons. The van der Waals surface area contributed by atoms with E-state index in [0.717, 1.165) is 16.8 Å². The Morgan fingerprint density at radius 1 is 0.919 bits per heavy atom. The number of rotatable bonds is 8. The molecular weight excluding hydrogens is 533 g/mol. The van der Waals surface area contributed by atoms with Crippen LogP contribution < -0.4 is 10.2 Å². The molecule has 3 aromatic carbocycles. The van der Waals surface area contributed by atoms with E-state index < -0.39 is 5.97 Å². The van der Waals surface area contributed by atoms with Crippen LogP contribution in [0.2, 0.25) is 10.0 Å². The van der Waals surface area contributed by atoms with E-state index in [1.165, 1.54) is 18.7 Å². The molecule has 0 aliphatic heterocycles. The van der Waals surface area contributed by atoms with Gasteiger partial charge in [-0.05, 0) is 85.3 Å². The van der Waals surface area contributed by atoms with Crippen molar-refractivity contribution in [2.24, 2.45) is 5.10 Å². The number of hydrogen-bond donors (Lipinski definition) is 1. The molecular formula is C26H21Cl2N5O3S. The normalized spacial score (nSPS) is 11.3. The van der Waals surface area contributed by atoms with Crippen molar-refractivity contribution in [1.29, 1.82) is 0 Å². The number of esters is 1. The number of hydrogen-bond acceptors (Lipinski definition) is 7. The van der Waals surface area contributed by atoms with Gasteiger partial charge in [0.25, 0.3) is 5.91 Å². The van der Waals surface area contributed by atoms with Crippen LogP contribution in [0.15, 0.2) is 83.1 Å². The summed E-state index contributed by atoms with van der Waals surface area (Å²) in [5.74, 6) is 0.406. The molecule has 8 nitrogen and oxygen atoms in total. The van der Waals surface area contributed by atoms with Gasteiger partial charge in [0.2, 0.25) is 0 Å². The molecule has 11 heteroatoms. The van der Waals surface area contributed by atoms with Gasteiger partial charge in [0.15, 0.2) is 11.0 Å². The van der Waals surface area contributed by atoms with E-state index in [1.807, 2.05) is 28.8 Å². The number of halogens is 2. The minimum absolute atomic E-state index is 0.0640. The zero-order chi connectivity index (χ0) is 26.4. The van der Waals surface area contributed by atoms with Gasteiger partial charge in [0.05, 0.1) is 11.5 Å². The van der Waals surface area contributed by atoms with Crippen LogP contribution in [0.4, 0.5) is 0 Å². The highest BCUT2D eigenvalue weighted by Crippen LogP contribution is 2.29. The molecule has 0 spiro atoms. The van der Waals surface area contributed by atoms with Crippen LogP contribution in [0.3, 0.4) is 0 Å². The number of nitrogens with one attached hydrogen (secondary N) is 1. The Morgan fingerprint density at radius 3 is 2.16 bits per heavy atom. The summed E-state index contributed by atoms with van der Waals surface area (Å²) in [7, 11) is 0. The van der Waals surface area contributed by atoms with Gasteiger partial charge in [-0.15, -0.1) is 10.2 Å². The van der Waals surface area contributed by atoms with E-state index in [-0.39, 0.29) is 11.7 Å². The number of carbonyl (C=O) groups excluding carboxylic acids is 2. The van der Waals surface area contributed by atoms with Gasteiger partial charge in [-0.25, -0.2) is 5.43 Å². The number of nitrogens with zero attached hydrogens (tertiary/aromatic N) is 4. The van der Waals surface area contributed by atoms with Crippen LogP contribution in [0.5, 0.6) is 5.75 Å². The van der Waals surface area contributed by atoms with Crippen molar-refractivity contribution in [2.75, 3.05) is 5.75 Å². The lowest BCUT2D eigenvalue weighted by atomic mass is 10.1. The summed E-state index contributed by atoms with van der Waals surface area (Å²) in [5, 5.41) is 14.6. The second-order valence-corrected chi connectivity index (χ2v) is 9.58. The molecule has 0 bridgehead atoms. The maximum atomic E-state index is 12.5.